The summed E-state index contributed by atoms with van der Waals surface area (Å²) in [6, 6.07) is 3.99. The van der Waals surface area contributed by atoms with Crippen molar-refractivity contribution < 1.29 is 9.84 Å². The number of rotatable bonds is 6. The van der Waals surface area contributed by atoms with E-state index >= 15 is 0 Å². The quantitative estimate of drug-likeness (QED) is 0.795. The molecule has 0 radical (unpaired) electrons. The molecule has 1 aromatic rings. The van der Waals surface area contributed by atoms with Crippen LogP contribution in [-0.4, -0.2) is 25.4 Å². The number of aliphatic hydroxyl groups excluding tert-OH is 1. The predicted molar refractivity (Wildman–Crippen MR) is 81.0 cm³/mol. The van der Waals surface area contributed by atoms with Crippen molar-refractivity contribution in [3.63, 3.8) is 0 Å². The van der Waals surface area contributed by atoms with Gasteiger partial charge in [-0.1, -0.05) is 29.8 Å². The molecule has 0 fully saturated rings. The first kappa shape index (κ1) is 16.0. The lowest BCUT2D eigenvalue weighted by Crippen LogP contribution is -2.32. The Bertz CT molecular complexity index is 408. The third kappa shape index (κ3) is 4.53. The molecule has 1 rings (SSSR count). The Hall–Kier alpha value is -0.100. The van der Waals surface area contributed by atoms with Crippen LogP contribution in [0.5, 0.6) is 5.75 Å². The summed E-state index contributed by atoms with van der Waals surface area (Å²) in [6.07, 6.45) is 0. The van der Waals surface area contributed by atoms with Crippen LogP contribution in [-0.2, 0) is 6.54 Å². The third-order valence-electron chi connectivity index (χ3n) is 2.64. The van der Waals surface area contributed by atoms with Gasteiger partial charge in [0.25, 0.3) is 0 Å². The van der Waals surface area contributed by atoms with Gasteiger partial charge in [0.15, 0.2) is 0 Å². The molecule has 1 aromatic carbocycles. The zero-order valence-corrected chi connectivity index (χ0v) is 14.1. The van der Waals surface area contributed by atoms with Crippen LogP contribution in [0.4, 0.5) is 0 Å². The SMILES string of the molecule is COc1c(Br)cc(Br)cc1CNCC(C)(C)CO. The minimum atomic E-state index is -0.115. The largest absolute Gasteiger partial charge is 0.495 e. The molecule has 0 saturated heterocycles. The molecule has 18 heavy (non-hydrogen) atoms. The first-order valence-corrected chi connectivity index (χ1v) is 7.32. The lowest BCUT2D eigenvalue weighted by atomic mass is 9.95. The van der Waals surface area contributed by atoms with Crippen LogP contribution in [0.3, 0.4) is 0 Å². The summed E-state index contributed by atoms with van der Waals surface area (Å²) in [4.78, 5) is 0. The molecule has 0 atom stereocenters. The molecule has 102 valence electrons. The van der Waals surface area contributed by atoms with Crippen LogP contribution in [0.15, 0.2) is 21.1 Å². The molecular formula is C13H19Br2NO2. The molecule has 0 bridgehead atoms. The van der Waals surface area contributed by atoms with Crippen LogP contribution in [0.25, 0.3) is 0 Å². The Morgan fingerprint density at radius 3 is 2.56 bits per heavy atom. The highest BCUT2D eigenvalue weighted by atomic mass is 79.9. The summed E-state index contributed by atoms with van der Waals surface area (Å²) in [5.74, 6) is 0.840. The second kappa shape index (κ2) is 6.89. The number of nitrogens with one attached hydrogen (secondary N) is 1. The molecule has 0 aliphatic heterocycles. The van der Waals surface area contributed by atoms with Gasteiger partial charge in [0.05, 0.1) is 11.6 Å². The highest BCUT2D eigenvalue weighted by Gasteiger charge is 2.16. The molecule has 0 aliphatic rings. The van der Waals surface area contributed by atoms with E-state index in [1.807, 2.05) is 26.0 Å². The average molecular weight is 381 g/mol. The van der Waals surface area contributed by atoms with Crippen LogP contribution < -0.4 is 10.1 Å². The van der Waals surface area contributed by atoms with Crippen LogP contribution in [0.1, 0.15) is 19.4 Å². The lowest BCUT2D eigenvalue weighted by Gasteiger charge is -2.22. The number of methoxy groups -OCH3 is 1. The summed E-state index contributed by atoms with van der Waals surface area (Å²) in [6.45, 7) is 5.66. The topological polar surface area (TPSA) is 41.5 Å². The molecule has 0 amide bonds. The first-order chi connectivity index (χ1) is 8.39. The van der Waals surface area contributed by atoms with E-state index in [-0.39, 0.29) is 12.0 Å². The van der Waals surface area contributed by atoms with E-state index in [1.54, 1.807) is 7.11 Å². The smallest absolute Gasteiger partial charge is 0.137 e. The number of benzene rings is 1. The predicted octanol–water partition coefficient (Wildman–Crippen LogP) is 3.33. The third-order valence-corrected chi connectivity index (χ3v) is 3.68. The van der Waals surface area contributed by atoms with Crippen LogP contribution >= 0.6 is 31.9 Å². The molecule has 0 spiro atoms. The summed E-state index contributed by atoms with van der Waals surface area (Å²) in [5.41, 5.74) is 0.962. The molecule has 0 heterocycles. The van der Waals surface area contributed by atoms with E-state index < -0.39 is 0 Å². The summed E-state index contributed by atoms with van der Waals surface area (Å²) < 4.78 is 7.32. The van der Waals surface area contributed by atoms with Crippen molar-refractivity contribution in [3.05, 3.63) is 26.6 Å². The number of hydrogen-bond acceptors (Lipinski definition) is 3. The fraction of sp³-hybridized carbons (Fsp3) is 0.538. The molecular weight excluding hydrogens is 362 g/mol. The molecule has 0 saturated carbocycles. The van der Waals surface area contributed by atoms with Crippen molar-refractivity contribution >= 4 is 31.9 Å². The normalized spacial score (nSPS) is 11.7. The summed E-state index contributed by atoms with van der Waals surface area (Å²) in [5, 5.41) is 12.5. The van der Waals surface area contributed by atoms with Gasteiger partial charge in [-0.15, -0.1) is 0 Å². The van der Waals surface area contributed by atoms with Gasteiger partial charge in [-0.3, -0.25) is 0 Å². The Kier molecular flexibility index (Phi) is 6.11. The molecule has 5 heteroatoms. The Morgan fingerprint density at radius 1 is 1.33 bits per heavy atom. The fourth-order valence-corrected chi connectivity index (χ4v) is 3.04. The van der Waals surface area contributed by atoms with Crippen molar-refractivity contribution in [1.29, 1.82) is 0 Å². The van der Waals surface area contributed by atoms with Crippen molar-refractivity contribution in [2.24, 2.45) is 5.41 Å². The van der Waals surface area contributed by atoms with Crippen molar-refractivity contribution in [3.8, 4) is 5.75 Å². The number of hydrogen-bond donors (Lipinski definition) is 2. The molecule has 3 nitrogen and oxygen atoms in total. The zero-order valence-electron chi connectivity index (χ0n) is 10.9. The zero-order chi connectivity index (χ0) is 13.8. The fourth-order valence-electron chi connectivity index (χ4n) is 1.57. The summed E-state index contributed by atoms with van der Waals surface area (Å²) in [7, 11) is 1.66. The minimum Gasteiger partial charge on any atom is -0.495 e. The second-order valence-corrected chi connectivity index (χ2v) is 6.78. The van der Waals surface area contributed by atoms with Gasteiger partial charge in [-0.25, -0.2) is 0 Å². The van der Waals surface area contributed by atoms with E-state index in [4.69, 9.17) is 4.74 Å². The highest BCUT2D eigenvalue weighted by molar-refractivity contribution is 9.11. The number of aliphatic hydroxyl groups is 1. The van der Waals surface area contributed by atoms with E-state index in [1.165, 1.54) is 0 Å². The number of halogens is 2. The Balaban J connectivity index is 2.73. The maximum atomic E-state index is 9.20. The van der Waals surface area contributed by atoms with Crippen LogP contribution in [0.2, 0.25) is 0 Å². The minimum absolute atomic E-state index is 0.115. The van der Waals surface area contributed by atoms with Gasteiger partial charge < -0.3 is 15.2 Å². The molecule has 0 unspecified atom stereocenters. The van der Waals surface area contributed by atoms with Gasteiger partial charge >= 0.3 is 0 Å². The van der Waals surface area contributed by atoms with E-state index in [0.29, 0.717) is 6.54 Å². The van der Waals surface area contributed by atoms with Gasteiger partial charge in [0.1, 0.15) is 5.75 Å². The first-order valence-electron chi connectivity index (χ1n) is 5.73. The lowest BCUT2D eigenvalue weighted by molar-refractivity contribution is 0.156. The monoisotopic (exact) mass is 379 g/mol. The second-order valence-electron chi connectivity index (χ2n) is 5.01. The Labute approximate surface area is 125 Å². The Morgan fingerprint density at radius 2 is 2.00 bits per heavy atom. The van der Waals surface area contributed by atoms with Crippen molar-refractivity contribution in [2.45, 2.75) is 20.4 Å². The van der Waals surface area contributed by atoms with E-state index in [0.717, 1.165) is 26.8 Å². The standard InChI is InChI=1S/C13H19Br2NO2/c1-13(2,8-17)7-16-6-9-4-10(14)5-11(15)12(9)18-3/h4-5,16-17H,6-8H2,1-3H3. The number of ether oxygens (including phenoxy) is 1. The highest BCUT2D eigenvalue weighted by Crippen LogP contribution is 2.32. The van der Waals surface area contributed by atoms with Crippen molar-refractivity contribution in [2.75, 3.05) is 20.3 Å². The van der Waals surface area contributed by atoms with Gasteiger partial charge in [0.2, 0.25) is 0 Å². The van der Waals surface area contributed by atoms with Gasteiger partial charge in [-0.2, -0.15) is 0 Å². The van der Waals surface area contributed by atoms with E-state index in [9.17, 15) is 5.11 Å². The maximum absolute atomic E-state index is 9.20. The summed E-state index contributed by atoms with van der Waals surface area (Å²) >= 11 is 6.95. The van der Waals surface area contributed by atoms with Crippen molar-refractivity contribution in [1.82, 2.24) is 5.32 Å². The molecule has 2 N–H and O–H groups in total. The average Bonchev–Trinajstić information content (AvgIpc) is 2.28. The maximum Gasteiger partial charge on any atom is 0.137 e. The van der Waals surface area contributed by atoms with E-state index in [2.05, 4.69) is 37.2 Å². The van der Waals surface area contributed by atoms with Gasteiger partial charge in [-0.05, 0) is 28.1 Å². The molecule has 0 aromatic heterocycles. The van der Waals surface area contributed by atoms with Crippen LogP contribution in [0, 0.1) is 5.41 Å². The molecule has 0 aliphatic carbocycles. The van der Waals surface area contributed by atoms with Gasteiger partial charge in [0, 0.05) is 35.1 Å².